The van der Waals surface area contributed by atoms with E-state index in [0.717, 1.165) is 0 Å². The van der Waals surface area contributed by atoms with Crippen LogP contribution in [0.4, 0.5) is 0 Å². The summed E-state index contributed by atoms with van der Waals surface area (Å²) in [4.78, 5) is 0. The number of rotatable bonds is 1. The third-order valence-electron chi connectivity index (χ3n) is 0.824. The second kappa shape index (κ2) is 5.58. The van der Waals surface area contributed by atoms with Gasteiger partial charge in [0.2, 0.25) is 0 Å². The molecule has 4 nitrogen and oxygen atoms in total. The van der Waals surface area contributed by atoms with Crippen LogP contribution in [0.15, 0.2) is 10.3 Å². The van der Waals surface area contributed by atoms with Crippen molar-refractivity contribution in [1.29, 1.82) is 0 Å². The normalized spacial score (nSPS) is 12.7. The maximum atomic E-state index is 8.03. The van der Waals surface area contributed by atoms with E-state index in [9.17, 15) is 0 Å². The molecule has 2 N–H and O–H groups in total. The van der Waals surface area contributed by atoms with Gasteiger partial charge in [0.15, 0.2) is 0 Å². The van der Waals surface area contributed by atoms with E-state index in [1.807, 2.05) is 0 Å². The van der Waals surface area contributed by atoms with Crippen molar-refractivity contribution in [2.45, 2.75) is 13.8 Å². The molecule has 0 rings (SSSR count). The van der Waals surface area contributed by atoms with Gasteiger partial charge in [0.1, 0.15) is 11.4 Å². The van der Waals surface area contributed by atoms with Crippen LogP contribution >= 0.6 is 0 Å². The van der Waals surface area contributed by atoms with Crippen molar-refractivity contribution in [1.82, 2.24) is 0 Å². The van der Waals surface area contributed by atoms with Gasteiger partial charge >= 0.3 is 0 Å². The maximum absolute atomic E-state index is 8.03. The summed E-state index contributed by atoms with van der Waals surface area (Å²) in [6.07, 6.45) is 0. The summed E-state index contributed by atoms with van der Waals surface area (Å²) in [6, 6.07) is 0. The molecule has 0 spiro atoms. The van der Waals surface area contributed by atoms with E-state index in [2.05, 4.69) is 10.3 Å². The topological polar surface area (TPSA) is 65.2 Å². The van der Waals surface area contributed by atoms with Crippen LogP contribution in [0, 0.1) is 0 Å². The monoisotopic (exact) mass is 175 g/mol. The molecule has 0 saturated heterocycles. The Morgan fingerprint density at radius 2 is 1.22 bits per heavy atom. The standard InChI is InChI=1S/C4H8N2O2.Co/c1-3(5-7)4(2)6-8;/h7-8H,1-2H3;. The zero-order valence-corrected chi connectivity index (χ0v) is 6.16. The van der Waals surface area contributed by atoms with Gasteiger partial charge in [-0.2, -0.15) is 0 Å². The SMILES string of the molecule is CC(=NO)C(C)=NO.[Co]. The van der Waals surface area contributed by atoms with Crippen LogP contribution < -0.4 is 0 Å². The number of nitrogens with zero attached hydrogens (tertiary/aromatic N) is 2. The summed E-state index contributed by atoms with van der Waals surface area (Å²) in [6.45, 7) is 3.07. The van der Waals surface area contributed by atoms with Crippen LogP contribution in [0.2, 0.25) is 0 Å². The Morgan fingerprint density at radius 3 is 1.33 bits per heavy atom. The Morgan fingerprint density at radius 1 is 1.00 bits per heavy atom. The summed E-state index contributed by atoms with van der Waals surface area (Å²) >= 11 is 0. The number of oxime groups is 2. The molecule has 0 aliphatic heterocycles. The van der Waals surface area contributed by atoms with E-state index < -0.39 is 0 Å². The van der Waals surface area contributed by atoms with Crippen molar-refractivity contribution in [2.24, 2.45) is 10.3 Å². The first-order valence-electron chi connectivity index (χ1n) is 2.10. The fourth-order valence-corrected chi connectivity index (χ4v) is 0.145. The zero-order chi connectivity index (χ0) is 6.57. The number of hydrogen-bond donors (Lipinski definition) is 2. The van der Waals surface area contributed by atoms with Gasteiger partial charge in [-0.3, -0.25) is 0 Å². The summed E-state index contributed by atoms with van der Waals surface area (Å²) in [7, 11) is 0. The molecule has 0 bridgehead atoms. The van der Waals surface area contributed by atoms with Gasteiger partial charge in [-0.05, 0) is 13.8 Å². The fraction of sp³-hybridized carbons (Fsp3) is 0.500. The molecule has 0 amide bonds. The molecular weight excluding hydrogens is 167 g/mol. The molecule has 0 aromatic rings. The van der Waals surface area contributed by atoms with Crippen molar-refractivity contribution in [3.05, 3.63) is 0 Å². The van der Waals surface area contributed by atoms with Gasteiger partial charge in [0.25, 0.3) is 0 Å². The molecule has 0 unspecified atom stereocenters. The van der Waals surface area contributed by atoms with E-state index in [4.69, 9.17) is 10.4 Å². The zero-order valence-electron chi connectivity index (χ0n) is 5.12. The molecule has 0 aliphatic carbocycles. The van der Waals surface area contributed by atoms with Gasteiger partial charge in [-0.15, -0.1) is 0 Å². The molecule has 1 radical (unpaired) electrons. The number of hydrogen-bond acceptors (Lipinski definition) is 4. The molecule has 0 saturated carbocycles. The third-order valence-corrected chi connectivity index (χ3v) is 0.824. The Hall–Kier alpha value is -0.554. The Kier molecular flexibility index (Phi) is 6.99. The molecule has 9 heavy (non-hydrogen) atoms. The van der Waals surface area contributed by atoms with Crippen molar-refractivity contribution in [2.75, 3.05) is 0 Å². The first-order valence-corrected chi connectivity index (χ1v) is 2.10. The molecule has 0 aromatic heterocycles. The van der Waals surface area contributed by atoms with Crippen molar-refractivity contribution < 1.29 is 27.2 Å². The van der Waals surface area contributed by atoms with Crippen LogP contribution in [0.5, 0.6) is 0 Å². The van der Waals surface area contributed by atoms with E-state index in [1.165, 1.54) is 13.8 Å². The van der Waals surface area contributed by atoms with Crippen LogP contribution in [-0.4, -0.2) is 21.8 Å². The second-order valence-corrected chi connectivity index (χ2v) is 1.37. The van der Waals surface area contributed by atoms with Crippen LogP contribution in [0.1, 0.15) is 13.8 Å². The fourth-order valence-electron chi connectivity index (χ4n) is 0.145. The predicted octanol–water partition coefficient (Wildman–Crippen LogP) is 0.684. The maximum Gasteiger partial charge on any atom is 0.101 e. The molecule has 0 heterocycles. The third kappa shape index (κ3) is 3.98. The van der Waals surface area contributed by atoms with E-state index in [1.54, 1.807) is 0 Å². The minimum atomic E-state index is 0. The summed E-state index contributed by atoms with van der Waals surface area (Å²) in [5, 5.41) is 21.6. The van der Waals surface area contributed by atoms with Gasteiger partial charge in [-0.1, -0.05) is 10.3 Å². The van der Waals surface area contributed by atoms with Crippen molar-refractivity contribution >= 4 is 11.4 Å². The molecule has 0 aromatic carbocycles. The first kappa shape index (κ1) is 11.3. The van der Waals surface area contributed by atoms with E-state index >= 15 is 0 Å². The summed E-state index contributed by atoms with van der Waals surface area (Å²) in [5.41, 5.74) is 0.625. The minimum Gasteiger partial charge on any atom is -0.411 e. The van der Waals surface area contributed by atoms with E-state index in [-0.39, 0.29) is 16.8 Å². The smallest absolute Gasteiger partial charge is 0.101 e. The molecular formula is C4H8CoN2O2. The first-order chi connectivity index (χ1) is 3.72. The van der Waals surface area contributed by atoms with E-state index in [0.29, 0.717) is 11.4 Å². The van der Waals surface area contributed by atoms with Crippen LogP contribution in [-0.2, 0) is 16.8 Å². The molecule has 5 heteroatoms. The van der Waals surface area contributed by atoms with Gasteiger partial charge in [0.05, 0.1) is 0 Å². The average Bonchev–Trinajstić information content (AvgIpc) is 1.84. The minimum absolute atomic E-state index is 0. The van der Waals surface area contributed by atoms with Crippen LogP contribution in [0.3, 0.4) is 0 Å². The summed E-state index contributed by atoms with van der Waals surface area (Å²) in [5.74, 6) is 0. The van der Waals surface area contributed by atoms with Gasteiger partial charge in [-0.25, -0.2) is 0 Å². The molecule has 0 fully saturated rings. The van der Waals surface area contributed by atoms with Gasteiger partial charge < -0.3 is 10.4 Å². The molecule has 55 valence electrons. The Labute approximate surface area is 63.4 Å². The average molecular weight is 175 g/mol. The summed E-state index contributed by atoms with van der Waals surface area (Å²) < 4.78 is 0. The second-order valence-electron chi connectivity index (χ2n) is 1.37. The Balaban J connectivity index is 0. The van der Waals surface area contributed by atoms with Crippen molar-refractivity contribution in [3.8, 4) is 0 Å². The van der Waals surface area contributed by atoms with Crippen molar-refractivity contribution in [3.63, 3.8) is 0 Å². The Bertz CT molecular complexity index is 117. The largest absolute Gasteiger partial charge is 0.411 e. The van der Waals surface area contributed by atoms with Crippen LogP contribution in [0.25, 0.3) is 0 Å². The van der Waals surface area contributed by atoms with Gasteiger partial charge in [0, 0.05) is 16.8 Å². The predicted molar refractivity (Wildman–Crippen MR) is 29.8 cm³/mol. The molecule has 0 aliphatic rings. The quantitative estimate of drug-likeness (QED) is 0.349. The molecule has 0 atom stereocenters.